The molecule has 0 amide bonds. The molecule has 1 aliphatic carbocycles. The molecule has 5 nitrogen and oxygen atoms in total. The van der Waals surface area contributed by atoms with E-state index in [1.807, 2.05) is 27.7 Å². The van der Waals surface area contributed by atoms with Gasteiger partial charge in [0.25, 0.3) is 0 Å². The number of hydrogen-bond acceptors (Lipinski definition) is 6. The molecule has 1 N–H and O–H groups in total. The molecular formula is C24H32FNO4S2. The summed E-state index contributed by atoms with van der Waals surface area (Å²) < 4.78 is 40.2. The Morgan fingerprint density at radius 3 is 2.41 bits per heavy atom. The molecule has 1 aromatic heterocycles. The van der Waals surface area contributed by atoms with Gasteiger partial charge in [-0.25, -0.2) is 17.8 Å². The maximum absolute atomic E-state index is 14.6. The average Bonchev–Trinajstić information content (AvgIpc) is 3.20. The Morgan fingerprint density at radius 1 is 1.16 bits per heavy atom. The van der Waals surface area contributed by atoms with Gasteiger partial charge < -0.3 is 5.11 Å². The largest absolute Gasteiger partial charge is 0.384 e. The van der Waals surface area contributed by atoms with Crippen molar-refractivity contribution < 1.29 is 22.7 Å². The van der Waals surface area contributed by atoms with Gasteiger partial charge in [0.1, 0.15) is 17.2 Å². The van der Waals surface area contributed by atoms with E-state index in [-0.39, 0.29) is 28.4 Å². The number of thiazole rings is 1. The van der Waals surface area contributed by atoms with Crippen LogP contribution in [0.3, 0.4) is 0 Å². The molecule has 0 radical (unpaired) electrons. The summed E-state index contributed by atoms with van der Waals surface area (Å²) in [6.07, 6.45) is 5.29. The quantitative estimate of drug-likeness (QED) is 0.555. The second kappa shape index (κ2) is 9.69. The van der Waals surface area contributed by atoms with E-state index in [1.165, 1.54) is 12.3 Å². The van der Waals surface area contributed by atoms with E-state index in [2.05, 4.69) is 4.98 Å². The number of nitrogens with zero attached hydrogens (tertiary/aromatic N) is 1. The topological polar surface area (TPSA) is 84.3 Å². The first kappa shape index (κ1) is 25.0. The van der Waals surface area contributed by atoms with E-state index < -0.39 is 27.0 Å². The second-order valence-corrected chi connectivity index (χ2v) is 12.6. The lowest BCUT2D eigenvalue weighted by Gasteiger charge is -2.30. The highest BCUT2D eigenvalue weighted by Gasteiger charge is 2.35. The number of Topliss-reactive ketones (excluding diaryl/α,β-unsaturated/α-hetero) is 1. The van der Waals surface area contributed by atoms with Crippen LogP contribution < -0.4 is 0 Å². The minimum atomic E-state index is -3.95. The molecule has 2 aromatic rings. The number of sulfone groups is 1. The Kier molecular flexibility index (Phi) is 7.57. The molecule has 1 aliphatic rings. The normalized spacial score (nSPS) is 16.6. The van der Waals surface area contributed by atoms with Crippen molar-refractivity contribution in [2.45, 2.75) is 88.0 Å². The Labute approximate surface area is 194 Å². The lowest BCUT2D eigenvalue weighted by molar-refractivity contribution is -0.116. The van der Waals surface area contributed by atoms with Crippen LogP contribution in [0.5, 0.6) is 0 Å². The third kappa shape index (κ3) is 5.29. The minimum Gasteiger partial charge on any atom is -0.384 e. The second-order valence-electron chi connectivity index (χ2n) is 9.40. The zero-order valence-electron chi connectivity index (χ0n) is 19.2. The summed E-state index contributed by atoms with van der Waals surface area (Å²) in [5, 5.41) is 10.9. The summed E-state index contributed by atoms with van der Waals surface area (Å²) in [6, 6.07) is 3.10. The van der Waals surface area contributed by atoms with Crippen LogP contribution in [0.1, 0.15) is 93.2 Å². The van der Waals surface area contributed by atoms with Gasteiger partial charge in [-0.3, -0.25) is 4.79 Å². The van der Waals surface area contributed by atoms with Crippen molar-refractivity contribution in [3.63, 3.8) is 0 Å². The van der Waals surface area contributed by atoms with Crippen LogP contribution in [0, 0.1) is 5.82 Å². The highest BCUT2D eigenvalue weighted by atomic mass is 32.2. The van der Waals surface area contributed by atoms with Crippen LogP contribution >= 0.6 is 11.3 Å². The number of aliphatic hydroxyl groups is 1. The monoisotopic (exact) mass is 481 g/mol. The van der Waals surface area contributed by atoms with Crippen molar-refractivity contribution in [3.05, 3.63) is 45.7 Å². The summed E-state index contributed by atoms with van der Waals surface area (Å²) in [7, 11) is -3.95. The molecule has 0 atom stereocenters. The van der Waals surface area contributed by atoms with E-state index in [0.29, 0.717) is 28.8 Å². The summed E-state index contributed by atoms with van der Waals surface area (Å²) >= 11 is 0.951. The number of ketones is 1. The zero-order chi connectivity index (χ0) is 23.7. The highest BCUT2D eigenvalue weighted by molar-refractivity contribution is 7.94. The van der Waals surface area contributed by atoms with Crippen molar-refractivity contribution >= 4 is 27.0 Å². The first-order valence-electron chi connectivity index (χ1n) is 11.2. The van der Waals surface area contributed by atoms with Gasteiger partial charge in [0.05, 0.1) is 4.88 Å². The van der Waals surface area contributed by atoms with Gasteiger partial charge in [-0.15, -0.1) is 11.3 Å². The number of carbonyl (C=O) groups excluding carboxylic acids is 1. The van der Waals surface area contributed by atoms with Crippen LogP contribution in [0.2, 0.25) is 0 Å². The van der Waals surface area contributed by atoms with E-state index in [0.717, 1.165) is 36.2 Å². The molecule has 32 heavy (non-hydrogen) atoms. The van der Waals surface area contributed by atoms with Crippen molar-refractivity contribution in [2.75, 3.05) is 5.75 Å². The van der Waals surface area contributed by atoms with Crippen LogP contribution in [0.25, 0.3) is 0 Å². The van der Waals surface area contributed by atoms with E-state index in [1.54, 1.807) is 6.07 Å². The summed E-state index contributed by atoms with van der Waals surface area (Å²) in [6.45, 7) is 7.66. The van der Waals surface area contributed by atoms with Crippen molar-refractivity contribution in [2.24, 2.45) is 0 Å². The predicted octanol–water partition coefficient (Wildman–Crippen LogP) is 5.27. The van der Waals surface area contributed by atoms with Gasteiger partial charge in [0, 0.05) is 12.6 Å². The molecule has 1 fully saturated rings. The van der Waals surface area contributed by atoms with Crippen LogP contribution in [-0.4, -0.2) is 30.0 Å². The van der Waals surface area contributed by atoms with Gasteiger partial charge in [-0.05, 0) is 47.4 Å². The van der Waals surface area contributed by atoms with Crippen molar-refractivity contribution in [3.8, 4) is 0 Å². The van der Waals surface area contributed by atoms with Crippen LogP contribution in [0.15, 0.2) is 22.7 Å². The first-order chi connectivity index (χ1) is 14.9. The number of rotatable bonds is 8. The maximum atomic E-state index is 14.6. The number of carbonyl (C=O) groups is 1. The minimum absolute atomic E-state index is 0.0743. The lowest BCUT2D eigenvalue weighted by atomic mass is 9.84. The number of benzene rings is 1. The number of aromatic nitrogens is 1. The Balaban J connectivity index is 1.83. The Morgan fingerprint density at radius 2 is 1.81 bits per heavy atom. The average molecular weight is 482 g/mol. The Hall–Kier alpha value is -1.64. The van der Waals surface area contributed by atoms with Gasteiger partial charge in [-0.1, -0.05) is 53.0 Å². The highest BCUT2D eigenvalue weighted by Crippen LogP contribution is 2.40. The summed E-state index contributed by atoms with van der Waals surface area (Å²) in [5.41, 5.74) is 0.884. The number of hydrogen-bond donors (Lipinski definition) is 1. The third-order valence-electron chi connectivity index (χ3n) is 6.15. The van der Waals surface area contributed by atoms with E-state index >= 15 is 0 Å². The molecule has 0 bridgehead atoms. The predicted molar refractivity (Wildman–Crippen MR) is 124 cm³/mol. The van der Waals surface area contributed by atoms with Crippen molar-refractivity contribution in [1.82, 2.24) is 4.98 Å². The van der Waals surface area contributed by atoms with Gasteiger partial charge in [-0.2, -0.15) is 0 Å². The van der Waals surface area contributed by atoms with Gasteiger partial charge >= 0.3 is 0 Å². The molecule has 1 saturated carbocycles. The summed E-state index contributed by atoms with van der Waals surface area (Å²) in [4.78, 5) is 17.4. The smallest absolute Gasteiger partial charge is 0.212 e. The molecule has 1 heterocycles. The third-order valence-corrected chi connectivity index (χ3v) is 9.49. The molecule has 0 aliphatic heterocycles. The maximum Gasteiger partial charge on any atom is 0.212 e. The molecule has 0 saturated heterocycles. The SMILES string of the molecule is CC(C)c1ccc(F)c(C(C)C)c1CC(=O)CS(=O)(=O)c1ncc(C2(O)CCCCC2)s1. The van der Waals surface area contributed by atoms with Crippen LogP contribution in [0.4, 0.5) is 4.39 Å². The molecule has 1 aromatic carbocycles. The van der Waals surface area contributed by atoms with E-state index in [9.17, 15) is 22.7 Å². The molecule has 0 unspecified atom stereocenters. The van der Waals surface area contributed by atoms with Crippen molar-refractivity contribution in [1.29, 1.82) is 0 Å². The standard InChI is InChI=1S/C24H32FNO4S2/c1-15(2)18-8-9-20(25)22(16(3)4)19(18)12-17(27)14-32(29,30)23-26-13-21(31-23)24(28)10-6-5-7-11-24/h8-9,13,15-16,28H,5-7,10-12,14H2,1-4H3. The lowest BCUT2D eigenvalue weighted by Crippen LogP contribution is -2.27. The van der Waals surface area contributed by atoms with Gasteiger partial charge in [0.2, 0.25) is 14.2 Å². The molecule has 8 heteroatoms. The molecule has 3 rings (SSSR count). The zero-order valence-corrected chi connectivity index (χ0v) is 20.8. The molecule has 176 valence electrons. The molecular weight excluding hydrogens is 449 g/mol. The van der Waals surface area contributed by atoms with E-state index in [4.69, 9.17) is 0 Å². The number of halogens is 1. The molecule has 0 spiro atoms. The Bertz CT molecular complexity index is 1080. The van der Waals surface area contributed by atoms with Crippen LogP contribution in [-0.2, 0) is 26.7 Å². The fraction of sp³-hybridized carbons (Fsp3) is 0.583. The van der Waals surface area contributed by atoms with Gasteiger partial charge in [0.15, 0.2) is 5.78 Å². The fourth-order valence-electron chi connectivity index (χ4n) is 4.54. The first-order valence-corrected chi connectivity index (χ1v) is 13.7. The summed E-state index contributed by atoms with van der Waals surface area (Å²) in [5.74, 6) is -1.62. The fourth-order valence-corrected chi connectivity index (χ4v) is 7.15.